The molecule has 0 bridgehead atoms. The lowest BCUT2D eigenvalue weighted by atomic mass is 10.0. The molecule has 0 spiro atoms. The summed E-state index contributed by atoms with van der Waals surface area (Å²) < 4.78 is 19.8. The molecule has 1 heterocycles. The van der Waals surface area contributed by atoms with Gasteiger partial charge in [-0.25, -0.2) is 18.9 Å². The summed E-state index contributed by atoms with van der Waals surface area (Å²) in [6, 6.07) is 9.01. The summed E-state index contributed by atoms with van der Waals surface area (Å²) in [4.78, 5) is 42.4. The Kier molecular flexibility index (Phi) is 6.72. The smallest absolute Gasteiger partial charge is 0.341 e. The van der Waals surface area contributed by atoms with E-state index in [9.17, 15) is 18.8 Å². The zero-order valence-electron chi connectivity index (χ0n) is 18.6. The van der Waals surface area contributed by atoms with Crippen LogP contribution in [0.1, 0.15) is 29.8 Å². The first-order valence-electron chi connectivity index (χ1n) is 9.99. The number of urea groups is 1. The molecule has 0 aliphatic carbocycles. The Morgan fingerprint density at radius 1 is 1.18 bits per heavy atom. The van der Waals surface area contributed by atoms with Gasteiger partial charge in [-0.1, -0.05) is 11.6 Å². The van der Waals surface area contributed by atoms with Crippen molar-refractivity contribution in [3.63, 3.8) is 0 Å². The zero-order chi connectivity index (χ0) is 24.5. The Morgan fingerprint density at radius 2 is 1.85 bits per heavy atom. The van der Waals surface area contributed by atoms with E-state index in [-0.39, 0.29) is 34.1 Å². The highest BCUT2D eigenvalue weighted by atomic mass is 35.5. The third kappa shape index (κ3) is 4.53. The number of nitrogens with zero attached hydrogens (tertiary/aromatic N) is 4. The van der Waals surface area contributed by atoms with Crippen molar-refractivity contribution < 1.29 is 23.5 Å². The molecule has 8 nitrogen and oxygen atoms in total. The number of hydrogen-bond acceptors (Lipinski definition) is 6. The molecular formula is C23H22ClFN4O4. The second-order valence-electron chi connectivity index (χ2n) is 8.20. The molecule has 1 fully saturated rings. The normalized spacial score (nSPS) is 15.2. The first-order chi connectivity index (χ1) is 15.5. The standard InChI is InChI=1S/C23H22ClFN4O4/c1-23(2)21(31)28(15-6-5-14(13-26)18(24)11-15)22(32)29(23)16-7-8-17(19(25)12-16)20(30)33-10-9-27(3)4/h5-8,11-12H,9-10H2,1-4H3. The number of likely N-dealkylation sites (N-methyl/N-ethyl adjacent to an activating group) is 1. The van der Waals surface area contributed by atoms with E-state index in [4.69, 9.17) is 21.6 Å². The van der Waals surface area contributed by atoms with E-state index in [0.29, 0.717) is 6.54 Å². The van der Waals surface area contributed by atoms with Crippen molar-refractivity contribution in [1.29, 1.82) is 5.26 Å². The van der Waals surface area contributed by atoms with Crippen molar-refractivity contribution in [1.82, 2.24) is 4.90 Å². The second kappa shape index (κ2) is 9.17. The highest BCUT2D eigenvalue weighted by molar-refractivity contribution is 6.33. The number of carbonyl (C=O) groups is 3. The first kappa shape index (κ1) is 24.2. The number of hydrogen-bond donors (Lipinski definition) is 0. The predicted molar refractivity (Wildman–Crippen MR) is 121 cm³/mol. The molecule has 0 unspecified atom stereocenters. The number of esters is 1. The van der Waals surface area contributed by atoms with Crippen molar-refractivity contribution in [3.8, 4) is 6.07 Å². The molecule has 1 aliphatic heterocycles. The number of benzene rings is 2. The fourth-order valence-corrected chi connectivity index (χ4v) is 3.61. The Hall–Kier alpha value is -3.48. The number of amides is 3. The van der Waals surface area contributed by atoms with Gasteiger partial charge in [0, 0.05) is 12.2 Å². The Labute approximate surface area is 195 Å². The predicted octanol–water partition coefficient (Wildman–Crippen LogP) is 3.82. The second-order valence-corrected chi connectivity index (χ2v) is 8.60. The molecule has 172 valence electrons. The van der Waals surface area contributed by atoms with Crippen LogP contribution in [0.4, 0.5) is 20.6 Å². The summed E-state index contributed by atoms with van der Waals surface area (Å²) in [5.74, 6) is -2.25. The van der Waals surface area contributed by atoms with Gasteiger partial charge in [-0.05, 0) is 64.3 Å². The first-order valence-corrected chi connectivity index (χ1v) is 10.4. The van der Waals surface area contributed by atoms with Crippen LogP contribution in [0.15, 0.2) is 36.4 Å². The molecule has 0 N–H and O–H groups in total. The summed E-state index contributed by atoms with van der Waals surface area (Å²) >= 11 is 6.07. The summed E-state index contributed by atoms with van der Waals surface area (Å²) in [6.07, 6.45) is 0. The topological polar surface area (TPSA) is 93.9 Å². The van der Waals surface area contributed by atoms with Crippen molar-refractivity contribution >= 4 is 40.9 Å². The molecule has 0 saturated carbocycles. The van der Waals surface area contributed by atoms with Crippen molar-refractivity contribution in [2.45, 2.75) is 19.4 Å². The van der Waals surface area contributed by atoms with Crippen LogP contribution in [0.5, 0.6) is 0 Å². The SMILES string of the molecule is CN(C)CCOC(=O)c1ccc(N2C(=O)N(c3ccc(C#N)c(Cl)c3)C(=O)C2(C)C)cc1F. The lowest BCUT2D eigenvalue weighted by Crippen LogP contribution is -2.44. The third-order valence-corrected chi connectivity index (χ3v) is 5.51. The van der Waals surface area contributed by atoms with Gasteiger partial charge in [0.15, 0.2) is 0 Å². The van der Waals surface area contributed by atoms with Crippen molar-refractivity contribution in [2.24, 2.45) is 0 Å². The Balaban J connectivity index is 1.91. The average Bonchev–Trinajstić information content (AvgIpc) is 2.91. The van der Waals surface area contributed by atoms with Crippen molar-refractivity contribution in [3.05, 3.63) is 58.4 Å². The van der Waals surface area contributed by atoms with E-state index in [1.165, 1.54) is 44.2 Å². The monoisotopic (exact) mass is 472 g/mol. The number of halogens is 2. The Bertz CT molecular complexity index is 1180. The fraction of sp³-hybridized carbons (Fsp3) is 0.304. The van der Waals surface area contributed by atoms with Gasteiger partial charge in [-0.3, -0.25) is 9.69 Å². The van der Waals surface area contributed by atoms with Crippen LogP contribution in [0.3, 0.4) is 0 Å². The molecule has 33 heavy (non-hydrogen) atoms. The number of nitriles is 1. The van der Waals surface area contributed by atoms with E-state index in [1.54, 1.807) is 0 Å². The van der Waals surface area contributed by atoms with Gasteiger partial charge in [0.2, 0.25) is 0 Å². The Morgan fingerprint density at radius 3 is 2.42 bits per heavy atom. The number of anilines is 2. The molecular weight excluding hydrogens is 451 g/mol. The van der Waals surface area contributed by atoms with Crippen LogP contribution >= 0.6 is 11.6 Å². The van der Waals surface area contributed by atoms with Gasteiger partial charge in [0.1, 0.15) is 24.0 Å². The molecule has 0 aromatic heterocycles. The lowest BCUT2D eigenvalue weighted by Gasteiger charge is -2.27. The van der Waals surface area contributed by atoms with E-state index in [1.807, 2.05) is 25.1 Å². The van der Waals surface area contributed by atoms with Crippen molar-refractivity contribution in [2.75, 3.05) is 37.0 Å². The number of imide groups is 1. The fourth-order valence-electron chi connectivity index (χ4n) is 3.40. The molecule has 0 atom stereocenters. The zero-order valence-corrected chi connectivity index (χ0v) is 19.3. The maximum Gasteiger partial charge on any atom is 0.341 e. The van der Waals surface area contributed by atoms with Crippen LogP contribution in [0.25, 0.3) is 0 Å². The maximum atomic E-state index is 14.8. The summed E-state index contributed by atoms with van der Waals surface area (Å²) in [5.41, 5.74) is -1.14. The van der Waals surface area contributed by atoms with E-state index >= 15 is 0 Å². The lowest BCUT2D eigenvalue weighted by molar-refractivity contribution is -0.120. The number of rotatable bonds is 6. The van der Waals surface area contributed by atoms with Crippen LogP contribution in [-0.4, -0.2) is 55.6 Å². The summed E-state index contributed by atoms with van der Waals surface area (Å²) in [6.45, 7) is 3.64. The van der Waals surface area contributed by atoms with E-state index < -0.39 is 29.3 Å². The quantitative estimate of drug-likeness (QED) is 0.468. The largest absolute Gasteiger partial charge is 0.461 e. The molecule has 10 heteroatoms. The third-order valence-electron chi connectivity index (χ3n) is 5.20. The molecule has 0 radical (unpaired) electrons. The summed E-state index contributed by atoms with van der Waals surface area (Å²) in [7, 11) is 3.63. The molecule has 3 amide bonds. The van der Waals surface area contributed by atoms with E-state index in [2.05, 4.69) is 0 Å². The number of ether oxygens (including phenoxy) is 1. The van der Waals surface area contributed by atoms with Gasteiger partial charge in [-0.2, -0.15) is 5.26 Å². The minimum Gasteiger partial charge on any atom is -0.461 e. The highest BCUT2D eigenvalue weighted by Gasteiger charge is 2.52. The van der Waals surface area contributed by atoms with Gasteiger partial charge < -0.3 is 9.64 Å². The minimum atomic E-state index is -1.35. The van der Waals surface area contributed by atoms with Gasteiger partial charge in [0.25, 0.3) is 5.91 Å². The van der Waals surface area contributed by atoms with Crippen LogP contribution in [0.2, 0.25) is 5.02 Å². The van der Waals surface area contributed by atoms with Gasteiger partial charge in [0.05, 0.1) is 21.8 Å². The molecule has 1 saturated heterocycles. The average molecular weight is 473 g/mol. The van der Waals surface area contributed by atoms with Crippen LogP contribution < -0.4 is 9.80 Å². The van der Waals surface area contributed by atoms with Crippen LogP contribution in [-0.2, 0) is 9.53 Å². The molecule has 2 aromatic carbocycles. The highest BCUT2D eigenvalue weighted by Crippen LogP contribution is 2.37. The van der Waals surface area contributed by atoms with Gasteiger partial charge >= 0.3 is 12.0 Å². The molecule has 2 aromatic rings. The minimum absolute atomic E-state index is 0.0926. The van der Waals surface area contributed by atoms with Crippen LogP contribution in [0, 0.1) is 17.1 Å². The number of carbonyl (C=O) groups excluding carboxylic acids is 3. The summed E-state index contributed by atoms with van der Waals surface area (Å²) in [5, 5.41) is 9.14. The van der Waals surface area contributed by atoms with Gasteiger partial charge in [-0.15, -0.1) is 0 Å². The molecule has 1 aliphatic rings. The van der Waals surface area contributed by atoms with E-state index in [0.717, 1.165) is 15.9 Å². The molecule has 3 rings (SSSR count). The maximum absolute atomic E-state index is 14.8.